The second-order valence-electron chi connectivity index (χ2n) is 8.28. The molecule has 0 aliphatic carbocycles. The highest BCUT2D eigenvalue weighted by Crippen LogP contribution is 2.02. The van der Waals surface area contributed by atoms with Gasteiger partial charge in [-0.1, -0.05) is 0 Å². The summed E-state index contributed by atoms with van der Waals surface area (Å²) in [4.78, 5) is 23.9. The van der Waals surface area contributed by atoms with Gasteiger partial charge in [-0.05, 0) is 0 Å². The van der Waals surface area contributed by atoms with Crippen molar-refractivity contribution in [2.24, 2.45) is 0 Å². The Morgan fingerprint density at radius 2 is 0.610 bits per heavy atom. The van der Waals surface area contributed by atoms with E-state index >= 15 is 0 Å². The Kier molecular flexibility index (Phi) is 27.3. The summed E-state index contributed by atoms with van der Waals surface area (Å²) in [6.45, 7) is 10.5. The minimum absolute atomic E-state index is 0.241. The zero-order chi connectivity index (χ0) is 29.5. The van der Waals surface area contributed by atoms with Crippen molar-refractivity contribution >= 4 is 11.8 Å². The standard InChI is InChI=1S/C27H49NO13/c1-31-6-7-33-10-11-35-14-15-37-18-19-39-22-23-41-25-24-40-21-20-38-17-16-36-13-12-34-9-8-32-5-4-28-26(29)2-3-27(28)30/h2-3H,4-25H2,1H3. The summed E-state index contributed by atoms with van der Waals surface area (Å²) in [5, 5.41) is 0. The van der Waals surface area contributed by atoms with Crippen molar-refractivity contribution < 1.29 is 61.7 Å². The van der Waals surface area contributed by atoms with Crippen molar-refractivity contribution in [1.29, 1.82) is 0 Å². The van der Waals surface area contributed by atoms with E-state index in [1.54, 1.807) is 7.11 Å². The lowest BCUT2D eigenvalue weighted by atomic mass is 10.5. The normalized spacial score (nSPS) is 13.2. The van der Waals surface area contributed by atoms with Gasteiger partial charge in [0.1, 0.15) is 0 Å². The third-order valence-corrected chi connectivity index (χ3v) is 5.14. The molecule has 0 aromatic carbocycles. The number of rotatable bonds is 33. The molecule has 0 fully saturated rings. The first-order chi connectivity index (χ1) is 20.3. The summed E-state index contributed by atoms with van der Waals surface area (Å²) in [5.74, 6) is -0.611. The highest BCUT2D eigenvalue weighted by Gasteiger charge is 2.22. The molecule has 41 heavy (non-hydrogen) atoms. The number of hydrogen-bond acceptors (Lipinski definition) is 13. The molecule has 0 saturated heterocycles. The van der Waals surface area contributed by atoms with Crippen LogP contribution in [-0.2, 0) is 61.7 Å². The van der Waals surface area contributed by atoms with Gasteiger partial charge >= 0.3 is 0 Å². The number of carbonyl (C=O) groups excluding carboxylic acids is 2. The Morgan fingerprint density at radius 3 is 0.854 bits per heavy atom. The van der Waals surface area contributed by atoms with E-state index in [0.717, 1.165) is 4.90 Å². The summed E-state index contributed by atoms with van der Waals surface area (Å²) in [7, 11) is 1.64. The molecule has 0 bridgehead atoms. The topological polar surface area (TPSA) is 139 Å². The molecule has 1 rings (SSSR count). The van der Waals surface area contributed by atoms with Crippen LogP contribution >= 0.6 is 0 Å². The van der Waals surface area contributed by atoms with Gasteiger partial charge in [0.25, 0.3) is 11.8 Å². The van der Waals surface area contributed by atoms with Crippen LogP contribution < -0.4 is 0 Å². The average Bonchev–Trinajstić information content (AvgIpc) is 3.30. The molecule has 0 spiro atoms. The van der Waals surface area contributed by atoms with Crippen LogP contribution in [0.3, 0.4) is 0 Å². The van der Waals surface area contributed by atoms with Crippen LogP contribution in [0.5, 0.6) is 0 Å². The van der Waals surface area contributed by atoms with E-state index in [1.165, 1.54) is 12.2 Å². The zero-order valence-corrected chi connectivity index (χ0v) is 24.5. The molecule has 240 valence electrons. The Morgan fingerprint density at radius 1 is 0.390 bits per heavy atom. The highest BCUT2D eigenvalue weighted by atomic mass is 16.6. The minimum atomic E-state index is -0.305. The molecule has 0 unspecified atom stereocenters. The Balaban J connectivity index is 1.63. The van der Waals surface area contributed by atoms with E-state index < -0.39 is 0 Å². The number of methoxy groups -OCH3 is 1. The van der Waals surface area contributed by atoms with Crippen molar-refractivity contribution in [2.75, 3.05) is 152 Å². The quantitative estimate of drug-likeness (QED) is 0.0727. The van der Waals surface area contributed by atoms with E-state index in [1.807, 2.05) is 0 Å². The average molecular weight is 596 g/mol. The SMILES string of the molecule is COCCOCCOCCOCCOCCOCCOCCOCCOCCOCCOCCN1C(=O)C=CC1=O. The molecule has 0 atom stereocenters. The van der Waals surface area contributed by atoms with Crippen LogP contribution in [0.25, 0.3) is 0 Å². The van der Waals surface area contributed by atoms with E-state index in [4.69, 9.17) is 52.1 Å². The molecular formula is C27H49NO13. The first-order valence-electron chi connectivity index (χ1n) is 14.1. The smallest absolute Gasteiger partial charge is 0.253 e. The molecule has 0 aromatic heterocycles. The molecule has 0 saturated carbocycles. The van der Waals surface area contributed by atoms with Crippen LogP contribution in [-0.4, -0.2) is 169 Å². The first kappa shape index (κ1) is 37.5. The fourth-order valence-corrected chi connectivity index (χ4v) is 3.03. The van der Waals surface area contributed by atoms with Crippen molar-refractivity contribution in [3.8, 4) is 0 Å². The maximum absolute atomic E-state index is 11.4. The van der Waals surface area contributed by atoms with Crippen molar-refractivity contribution in [2.45, 2.75) is 0 Å². The van der Waals surface area contributed by atoms with E-state index in [0.29, 0.717) is 132 Å². The number of carbonyl (C=O) groups is 2. The van der Waals surface area contributed by atoms with Crippen LogP contribution in [0.15, 0.2) is 12.2 Å². The van der Waals surface area contributed by atoms with E-state index in [9.17, 15) is 9.59 Å². The molecule has 14 nitrogen and oxygen atoms in total. The molecule has 1 aliphatic rings. The second-order valence-corrected chi connectivity index (χ2v) is 8.28. The molecule has 0 radical (unpaired) electrons. The summed E-state index contributed by atoms with van der Waals surface area (Å²) < 4.78 is 58.9. The number of amides is 2. The van der Waals surface area contributed by atoms with Crippen molar-refractivity contribution in [3.63, 3.8) is 0 Å². The highest BCUT2D eigenvalue weighted by molar-refractivity contribution is 6.12. The van der Waals surface area contributed by atoms with E-state index in [2.05, 4.69) is 0 Å². The number of nitrogens with zero attached hydrogens (tertiary/aromatic N) is 1. The van der Waals surface area contributed by atoms with Crippen LogP contribution in [0, 0.1) is 0 Å². The largest absolute Gasteiger partial charge is 0.382 e. The maximum atomic E-state index is 11.4. The van der Waals surface area contributed by atoms with Gasteiger partial charge < -0.3 is 52.1 Å². The lowest BCUT2D eigenvalue weighted by Crippen LogP contribution is -2.33. The zero-order valence-electron chi connectivity index (χ0n) is 24.5. The van der Waals surface area contributed by atoms with Gasteiger partial charge in [0.05, 0.1) is 145 Å². The minimum Gasteiger partial charge on any atom is -0.382 e. The van der Waals surface area contributed by atoms with Gasteiger partial charge in [-0.2, -0.15) is 0 Å². The van der Waals surface area contributed by atoms with Crippen molar-refractivity contribution in [1.82, 2.24) is 4.90 Å². The third kappa shape index (κ3) is 24.7. The van der Waals surface area contributed by atoms with Gasteiger partial charge in [0, 0.05) is 19.3 Å². The monoisotopic (exact) mass is 595 g/mol. The maximum Gasteiger partial charge on any atom is 0.253 e. The Labute approximate surface area is 243 Å². The molecule has 14 heteroatoms. The molecule has 2 amide bonds. The summed E-state index contributed by atoms with van der Waals surface area (Å²) in [5.41, 5.74) is 0. The number of hydrogen-bond donors (Lipinski definition) is 0. The van der Waals surface area contributed by atoms with Gasteiger partial charge in [-0.15, -0.1) is 0 Å². The van der Waals surface area contributed by atoms with Crippen LogP contribution in [0.4, 0.5) is 0 Å². The Hall–Kier alpha value is -1.56. The molecule has 1 aliphatic heterocycles. The number of imide groups is 1. The molecular weight excluding hydrogens is 546 g/mol. The Bertz CT molecular complexity index is 620. The summed E-state index contributed by atoms with van der Waals surface area (Å²) in [6.07, 6.45) is 2.51. The fraction of sp³-hybridized carbons (Fsp3) is 0.852. The predicted octanol–water partition coefficient (Wildman–Crippen LogP) is -0.276. The molecule has 0 N–H and O–H groups in total. The van der Waals surface area contributed by atoms with Gasteiger partial charge in [0.2, 0.25) is 0 Å². The summed E-state index contributed by atoms with van der Waals surface area (Å²) >= 11 is 0. The summed E-state index contributed by atoms with van der Waals surface area (Å²) in [6, 6.07) is 0. The second kappa shape index (κ2) is 29.9. The van der Waals surface area contributed by atoms with Crippen LogP contribution in [0.1, 0.15) is 0 Å². The van der Waals surface area contributed by atoms with Gasteiger partial charge in [-0.25, -0.2) is 0 Å². The number of ether oxygens (including phenoxy) is 11. The van der Waals surface area contributed by atoms with Gasteiger partial charge in [0.15, 0.2) is 0 Å². The van der Waals surface area contributed by atoms with Crippen molar-refractivity contribution in [3.05, 3.63) is 12.2 Å². The van der Waals surface area contributed by atoms with Gasteiger partial charge in [-0.3, -0.25) is 14.5 Å². The fourth-order valence-electron chi connectivity index (χ4n) is 3.03. The lowest BCUT2D eigenvalue weighted by molar-refractivity contribution is -0.137. The molecule has 1 heterocycles. The predicted molar refractivity (Wildman–Crippen MR) is 146 cm³/mol. The third-order valence-electron chi connectivity index (χ3n) is 5.14. The van der Waals surface area contributed by atoms with E-state index in [-0.39, 0.29) is 25.0 Å². The lowest BCUT2D eigenvalue weighted by Gasteiger charge is -2.13. The first-order valence-corrected chi connectivity index (χ1v) is 14.1. The van der Waals surface area contributed by atoms with Crippen LogP contribution in [0.2, 0.25) is 0 Å². The molecule has 0 aromatic rings.